The molecule has 0 bridgehead atoms. The molecule has 0 aromatic heterocycles. The van der Waals surface area contributed by atoms with Crippen LogP contribution >= 0.6 is 0 Å². The summed E-state index contributed by atoms with van der Waals surface area (Å²) < 4.78 is 0. The lowest BCUT2D eigenvalue weighted by Gasteiger charge is -2.20. The van der Waals surface area contributed by atoms with Gasteiger partial charge in [-0.2, -0.15) is 0 Å². The summed E-state index contributed by atoms with van der Waals surface area (Å²) in [5.74, 6) is 0. The van der Waals surface area contributed by atoms with Crippen LogP contribution in [0.15, 0.2) is 18.2 Å². The predicted molar refractivity (Wildman–Crippen MR) is 85.8 cm³/mol. The zero-order valence-electron chi connectivity index (χ0n) is 13.5. The van der Waals surface area contributed by atoms with Crippen LogP contribution in [-0.2, 0) is 6.42 Å². The fourth-order valence-electron chi connectivity index (χ4n) is 2.38. The minimum atomic E-state index is 0.263. The van der Waals surface area contributed by atoms with Crippen LogP contribution < -0.4 is 5.32 Å². The highest BCUT2D eigenvalue weighted by Crippen LogP contribution is 2.14. The molecular formula is C18H31N. The zero-order chi connectivity index (χ0) is 14.3. The molecule has 0 atom stereocenters. The van der Waals surface area contributed by atoms with E-state index in [1.165, 1.54) is 48.8 Å². The fourth-order valence-corrected chi connectivity index (χ4v) is 2.38. The Hall–Kier alpha value is -0.820. The lowest BCUT2D eigenvalue weighted by Crippen LogP contribution is -2.36. The molecule has 0 saturated heterocycles. The van der Waals surface area contributed by atoms with Gasteiger partial charge in [0.25, 0.3) is 0 Å². The van der Waals surface area contributed by atoms with Gasteiger partial charge in [-0.3, -0.25) is 0 Å². The summed E-state index contributed by atoms with van der Waals surface area (Å²) in [4.78, 5) is 0. The number of unbranched alkanes of at least 4 members (excludes halogenated alkanes) is 3. The highest BCUT2D eigenvalue weighted by atomic mass is 14.9. The Bertz CT molecular complexity index is 374. The van der Waals surface area contributed by atoms with Gasteiger partial charge in [-0.05, 0) is 71.6 Å². The predicted octanol–water partition coefficient (Wildman–Crippen LogP) is 4.79. The average Bonchev–Trinajstić information content (AvgIpc) is 2.29. The van der Waals surface area contributed by atoms with E-state index in [9.17, 15) is 0 Å². The van der Waals surface area contributed by atoms with Crippen molar-refractivity contribution in [3.05, 3.63) is 34.9 Å². The van der Waals surface area contributed by atoms with Gasteiger partial charge in [0.1, 0.15) is 0 Å². The molecule has 0 aliphatic rings. The highest BCUT2D eigenvalue weighted by Gasteiger charge is 2.06. The van der Waals surface area contributed by atoms with Gasteiger partial charge < -0.3 is 5.32 Å². The van der Waals surface area contributed by atoms with Crippen LogP contribution in [0.25, 0.3) is 0 Å². The molecule has 1 rings (SSSR count). The minimum absolute atomic E-state index is 0.263. The smallest absolute Gasteiger partial charge is 0.00965 e. The van der Waals surface area contributed by atoms with Crippen LogP contribution in [0, 0.1) is 13.8 Å². The molecule has 0 heterocycles. The molecule has 0 spiro atoms. The van der Waals surface area contributed by atoms with Crippen LogP contribution in [0.4, 0.5) is 0 Å². The third-order valence-electron chi connectivity index (χ3n) is 3.53. The standard InChI is InChI=1S/C18H31N/c1-15-11-12-17(16(2)14-15)10-8-6-7-9-13-19-18(3,4)5/h11-12,14,19H,6-10,13H2,1-5H3. The highest BCUT2D eigenvalue weighted by molar-refractivity contribution is 5.30. The van der Waals surface area contributed by atoms with Crippen molar-refractivity contribution < 1.29 is 0 Å². The van der Waals surface area contributed by atoms with Crippen LogP contribution in [0.2, 0.25) is 0 Å². The third kappa shape index (κ3) is 7.37. The Balaban J connectivity index is 2.11. The molecule has 19 heavy (non-hydrogen) atoms. The van der Waals surface area contributed by atoms with Crippen molar-refractivity contribution in [2.75, 3.05) is 6.54 Å². The van der Waals surface area contributed by atoms with Gasteiger partial charge >= 0.3 is 0 Å². The summed E-state index contributed by atoms with van der Waals surface area (Å²) in [6.07, 6.45) is 6.54. The van der Waals surface area contributed by atoms with Crippen LogP contribution in [0.1, 0.15) is 63.1 Å². The van der Waals surface area contributed by atoms with Crippen molar-refractivity contribution in [2.45, 2.75) is 72.3 Å². The van der Waals surface area contributed by atoms with E-state index in [2.05, 4.69) is 58.1 Å². The van der Waals surface area contributed by atoms with Gasteiger partial charge in [0.15, 0.2) is 0 Å². The first-order chi connectivity index (χ1) is 8.88. The molecule has 0 radical (unpaired) electrons. The number of benzene rings is 1. The Labute approximate surface area is 119 Å². The maximum Gasteiger partial charge on any atom is 0.00965 e. The molecular weight excluding hydrogens is 230 g/mol. The van der Waals surface area contributed by atoms with Gasteiger partial charge in [0.05, 0.1) is 0 Å². The lowest BCUT2D eigenvalue weighted by molar-refractivity contribution is 0.416. The summed E-state index contributed by atoms with van der Waals surface area (Å²) in [5, 5.41) is 3.55. The lowest BCUT2D eigenvalue weighted by atomic mass is 10.00. The Kier molecular flexibility index (Phi) is 6.57. The van der Waals surface area contributed by atoms with Crippen LogP contribution in [0.5, 0.6) is 0 Å². The van der Waals surface area contributed by atoms with E-state index in [1.54, 1.807) is 0 Å². The van der Waals surface area contributed by atoms with E-state index in [-0.39, 0.29) is 5.54 Å². The first-order valence-corrected chi connectivity index (χ1v) is 7.70. The summed E-state index contributed by atoms with van der Waals surface area (Å²) in [6.45, 7) is 12.2. The van der Waals surface area contributed by atoms with E-state index in [4.69, 9.17) is 0 Å². The number of hydrogen-bond acceptors (Lipinski definition) is 1. The Morgan fingerprint density at radius 3 is 2.26 bits per heavy atom. The second kappa shape index (κ2) is 7.69. The number of rotatable bonds is 7. The van der Waals surface area contributed by atoms with Gasteiger partial charge in [-0.25, -0.2) is 0 Å². The second-order valence-corrected chi connectivity index (χ2v) is 6.77. The van der Waals surface area contributed by atoms with Crippen molar-refractivity contribution in [3.8, 4) is 0 Å². The van der Waals surface area contributed by atoms with E-state index in [1.807, 2.05) is 0 Å². The average molecular weight is 261 g/mol. The number of aryl methyl sites for hydroxylation is 3. The largest absolute Gasteiger partial charge is 0.312 e. The number of nitrogens with one attached hydrogen (secondary N) is 1. The molecule has 1 heteroatoms. The van der Waals surface area contributed by atoms with Crippen molar-refractivity contribution in [3.63, 3.8) is 0 Å². The Morgan fingerprint density at radius 1 is 0.947 bits per heavy atom. The van der Waals surface area contributed by atoms with Crippen molar-refractivity contribution >= 4 is 0 Å². The third-order valence-corrected chi connectivity index (χ3v) is 3.53. The normalized spacial score (nSPS) is 11.8. The van der Waals surface area contributed by atoms with Crippen molar-refractivity contribution in [1.82, 2.24) is 5.32 Å². The van der Waals surface area contributed by atoms with Crippen LogP contribution in [0.3, 0.4) is 0 Å². The maximum absolute atomic E-state index is 3.55. The molecule has 0 aliphatic carbocycles. The molecule has 1 nitrogen and oxygen atoms in total. The molecule has 0 unspecified atom stereocenters. The number of hydrogen-bond donors (Lipinski definition) is 1. The van der Waals surface area contributed by atoms with E-state index in [0.29, 0.717) is 0 Å². The van der Waals surface area contributed by atoms with Gasteiger partial charge in [0, 0.05) is 5.54 Å². The molecule has 0 fully saturated rings. The summed E-state index contributed by atoms with van der Waals surface area (Å²) in [5.41, 5.74) is 4.61. The van der Waals surface area contributed by atoms with Gasteiger partial charge in [-0.1, -0.05) is 36.6 Å². The maximum atomic E-state index is 3.55. The minimum Gasteiger partial charge on any atom is -0.312 e. The first-order valence-electron chi connectivity index (χ1n) is 7.70. The summed E-state index contributed by atoms with van der Waals surface area (Å²) in [7, 11) is 0. The SMILES string of the molecule is Cc1ccc(CCCCCCNC(C)(C)C)c(C)c1. The first kappa shape index (κ1) is 16.2. The molecule has 1 N–H and O–H groups in total. The van der Waals surface area contributed by atoms with Crippen molar-refractivity contribution in [1.29, 1.82) is 0 Å². The molecule has 1 aromatic rings. The molecule has 108 valence electrons. The molecule has 0 saturated carbocycles. The van der Waals surface area contributed by atoms with Gasteiger partial charge in [-0.15, -0.1) is 0 Å². The molecule has 0 aliphatic heterocycles. The summed E-state index contributed by atoms with van der Waals surface area (Å²) in [6, 6.07) is 6.82. The Morgan fingerprint density at radius 2 is 1.63 bits per heavy atom. The van der Waals surface area contributed by atoms with Crippen LogP contribution in [-0.4, -0.2) is 12.1 Å². The van der Waals surface area contributed by atoms with E-state index < -0.39 is 0 Å². The second-order valence-electron chi connectivity index (χ2n) is 6.77. The van der Waals surface area contributed by atoms with E-state index in [0.717, 1.165) is 6.54 Å². The quantitative estimate of drug-likeness (QED) is 0.696. The summed E-state index contributed by atoms with van der Waals surface area (Å²) >= 11 is 0. The monoisotopic (exact) mass is 261 g/mol. The van der Waals surface area contributed by atoms with Gasteiger partial charge in [0.2, 0.25) is 0 Å². The molecule has 0 amide bonds. The molecule has 1 aromatic carbocycles. The topological polar surface area (TPSA) is 12.0 Å². The van der Waals surface area contributed by atoms with Crippen molar-refractivity contribution in [2.24, 2.45) is 0 Å². The fraction of sp³-hybridized carbons (Fsp3) is 0.667. The zero-order valence-corrected chi connectivity index (χ0v) is 13.5. The van der Waals surface area contributed by atoms with E-state index >= 15 is 0 Å².